The third-order valence-corrected chi connectivity index (χ3v) is 6.09. The van der Waals surface area contributed by atoms with Crippen LogP contribution in [0.4, 0.5) is 11.4 Å². The predicted molar refractivity (Wildman–Crippen MR) is 120 cm³/mol. The number of carbonyl (C=O) groups is 4. The van der Waals surface area contributed by atoms with Crippen LogP contribution >= 0.6 is 0 Å². The van der Waals surface area contributed by atoms with Crippen molar-refractivity contribution in [2.75, 3.05) is 23.3 Å². The zero-order valence-corrected chi connectivity index (χ0v) is 17.7. The molecule has 1 fully saturated rings. The van der Waals surface area contributed by atoms with Crippen LogP contribution in [-0.2, 0) is 4.79 Å². The summed E-state index contributed by atoms with van der Waals surface area (Å²) in [7, 11) is 0. The monoisotopic (exact) mass is 443 g/mol. The van der Waals surface area contributed by atoms with Gasteiger partial charge >= 0.3 is 0 Å². The summed E-state index contributed by atoms with van der Waals surface area (Å²) in [5.41, 5.74) is 2.15. The Morgan fingerprint density at radius 1 is 0.909 bits per heavy atom. The molecular formula is C25H21N3O5. The smallest absolute Gasteiger partial charge is 0.266 e. The van der Waals surface area contributed by atoms with E-state index in [9.17, 15) is 19.2 Å². The standard InChI is InChI=1S/C25H21N3O5/c29-22(16-8-11-27(12-9-16)23(30)17-10-13-33-15-17)26-18-4-3-5-19(14-18)28-24(31)20-6-1-2-7-21(20)25(28)32/h1-7,10,13-16H,8-9,11-12H2,(H,26,29). The van der Waals surface area contributed by atoms with E-state index in [2.05, 4.69) is 5.32 Å². The number of carbonyl (C=O) groups excluding carboxylic acids is 4. The van der Waals surface area contributed by atoms with Crippen LogP contribution < -0.4 is 10.2 Å². The molecule has 0 aliphatic carbocycles. The molecule has 0 unspecified atom stereocenters. The number of hydrogen-bond donors (Lipinski definition) is 1. The van der Waals surface area contributed by atoms with Crippen molar-refractivity contribution in [3.63, 3.8) is 0 Å². The second kappa shape index (κ2) is 8.38. The molecule has 0 spiro atoms. The summed E-state index contributed by atoms with van der Waals surface area (Å²) in [6, 6.07) is 15.0. The molecule has 166 valence electrons. The maximum atomic E-state index is 12.8. The van der Waals surface area contributed by atoms with Gasteiger partial charge in [-0.25, -0.2) is 4.90 Å². The van der Waals surface area contributed by atoms with E-state index in [0.717, 1.165) is 4.90 Å². The van der Waals surface area contributed by atoms with Crippen molar-refractivity contribution >= 4 is 35.0 Å². The van der Waals surface area contributed by atoms with Gasteiger partial charge in [0.1, 0.15) is 6.26 Å². The second-order valence-electron chi connectivity index (χ2n) is 8.11. The number of hydrogen-bond acceptors (Lipinski definition) is 5. The highest BCUT2D eigenvalue weighted by Crippen LogP contribution is 2.30. The van der Waals surface area contributed by atoms with E-state index in [1.807, 2.05) is 0 Å². The summed E-state index contributed by atoms with van der Waals surface area (Å²) in [5.74, 6) is -1.25. The Morgan fingerprint density at radius 2 is 1.61 bits per heavy atom. The first-order chi connectivity index (χ1) is 16.0. The Bertz CT molecular complexity index is 1210. The van der Waals surface area contributed by atoms with Crippen molar-refractivity contribution in [2.24, 2.45) is 5.92 Å². The lowest BCUT2D eigenvalue weighted by Gasteiger charge is -2.31. The van der Waals surface area contributed by atoms with Crippen LogP contribution in [0.2, 0.25) is 0 Å². The molecule has 2 aromatic carbocycles. The molecule has 0 atom stereocenters. The number of rotatable bonds is 4. The first kappa shape index (κ1) is 20.7. The molecule has 1 aromatic heterocycles. The number of piperidine rings is 1. The second-order valence-corrected chi connectivity index (χ2v) is 8.11. The number of imide groups is 1. The zero-order valence-electron chi connectivity index (χ0n) is 17.7. The van der Waals surface area contributed by atoms with Crippen molar-refractivity contribution in [2.45, 2.75) is 12.8 Å². The predicted octanol–water partition coefficient (Wildman–Crippen LogP) is 3.57. The van der Waals surface area contributed by atoms with Gasteiger partial charge in [-0.3, -0.25) is 19.2 Å². The van der Waals surface area contributed by atoms with E-state index in [1.54, 1.807) is 59.5 Å². The summed E-state index contributed by atoms with van der Waals surface area (Å²) in [5, 5.41) is 2.89. The maximum absolute atomic E-state index is 12.8. The van der Waals surface area contributed by atoms with Gasteiger partial charge in [0.15, 0.2) is 0 Å². The van der Waals surface area contributed by atoms with E-state index >= 15 is 0 Å². The topological polar surface area (TPSA) is 99.9 Å². The molecule has 1 saturated heterocycles. The molecule has 8 heteroatoms. The third-order valence-electron chi connectivity index (χ3n) is 6.09. The van der Waals surface area contributed by atoms with Crippen LogP contribution in [-0.4, -0.2) is 41.6 Å². The van der Waals surface area contributed by atoms with Crippen molar-refractivity contribution in [3.8, 4) is 0 Å². The largest absolute Gasteiger partial charge is 0.472 e. The minimum Gasteiger partial charge on any atom is -0.472 e. The van der Waals surface area contributed by atoms with Crippen molar-refractivity contribution in [1.29, 1.82) is 0 Å². The Kier molecular flexibility index (Phi) is 5.26. The number of fused-ring (bicyclic) bond motifs is 1. The van der Waals surface area contributed by atoms with E-state index in [1.165, 1.54) is 12.5 Å². The molecule has 4 amide bonds. The lowest BCUT2D eigenvalue weighted by atomic mass is 9.95. The number of furan rings is 1. The van der Waals surface area contributed by atoms with Crippen LogP contribution in [0.1, 0.15) is 43.9 Å². The zero-order chi connectivity index (χ0) is 22.9. The summed E-state index contributed by atoms with van der Waals surface area (Å²) in [6.45, 7) is 0.967. The van der Waals surface area contributed by atoms with Crippen molar-refractivity contribution in [3.05, 3.63) is 83.8 Å². The van der Waals surface area contributed by atoms with E-state index in [-0.39, 0.29) is 29.5 Å². The lowest BCUT2D eigenvalue weighted by Crippen LogP contribution is -2.41. The van der Waals surface area contributed by atoms with Gasteiger partial charge in [0.05, 0.1) is 28.6 Å². The minimum absolute atomic E-state index is 0.101. The summed E-state index contributed by atoms with van der Waals surface area (Å²) < 4.78 is 4.97. The summed E-state index contributed by atoms with van der Waals surface area (Å²) in [6.07, 6.45) is 3.98. The maximum Gasteiger partial charge on any atom is 0.266 e. The van der Waals surface area contributed by atoms with Crippen LogP contribution in [0.15, 0.2) is 71.5 Å². The molecule has 8 nitrogen and oxygen atoms in total. The highest BCUT2D eigenvalue weighted by Gasteiger charge is 2.36. The molecular weight excluding hydrogens is 422 g/mol. The van der Waals surface area contributed by atoms with Gasteiger partial charge in [0.25, 0.3) is 17.7 Å². The molecule has 0 bridgehead atoms. The number of anilines is 2. The average molecular weight is 443 g/mol. The van der Waals surface area contributed by atoms with Crippen LogP contribution in [0.5, 0.6) is 0 Å². The number of nitrogens with one attached hydrogen (secondary N) is 1. The molecule has 33 heavy (non-hydrogen) atoms. The van der Waals surface area contributed by atoms with Crippen LogP contribution in [0, 0.1) is 5.92 Å². The normalized spacial score (nSPS) is 16.1. The number of likely N-dealkylation sites (tertiary alicyclic amines) is 1. The Balaban J connectivity index is 1.24. The highest BCUT2D eigenvalue weighted by molar-refractivity contribution is 6.34. The average Bonchev–Trinajstić information content (AvgIpc) is 3.46. The molecule has 3 heterocycles. The van der Waals surface area contributed by atoms with Crippen LogP contribution in [0.25, 0.3) is 0 Å². The third kappa shape index (κ3) is 3.80. The molecule has 3 aromatic rings. The van der Waals surface area contributed by atoms with Gasteiger partial charge in [-0.05, 0) is 49.2 Å². The van der Waals surface area contributed by atoms with Gasteiger partial charge in [-0.15, -0.1) is 0 Å². The fourth-order valence-corrected chi connectivity index (χ4v) is 4.30. The molecule has 0 saturated carbocycles. The molecule has 5 rings (SSSR count). The van der Waals surface area contributed by atoms with Crippen molar-refractivity contribution in [1.82, 2.24) is 4.90 Å². The SMILES string of the molecule is O=C(Nc1cccc(N2C(=O)c3ccccc3C2=O)c1)C1CCN(C(=O)c2ccoc2)CC1. The number of nitrogens with zero attached hydrogens (tertiary/aromatic N) is 2. The first-order valence-electron chi connectivity index (χ1n) is 10.7. The van der Waals surface area contributed by atoms with Gasteiger partial charge in [0, 0.05) is 24.7 Å². The van der Waals surface area contributed by atoms with E-state index in [4.69, 9.17) is 4.42 Å². The Morgan fingerprint density at radius 3 is 2.24 bits per heavy atom. The van der Waals surface area contributed by atoms with Gasteiger partial charge in [-0.1, -0.05) is 18.2 Å². The van der Waals surface area contributed by atoms with Gasteiger partial charge in [-0.2, -0.15) is 0 Å². The Labute approximate surface area is 189 Å². The quantitative estimate of drug-likeness (QED) is 0.622. The van der Waals surface area contributed by atoms with Gasteiger partial charge < -0.3 is 14.6 Å². The number of benzene rings is 2. The van der Waals surface area contributed by atoms with Crippen molar-refractivity contribution < 1.29 is 23.6 Å². The minimum atomic E-state index is -0.381. The summed E-state index contributed by atoms with van der Waals surface area (Å²) in [4.78, 5) is 53.6. The van der Waals surface area contributed by atoms with Gasteiger partial charge in [0.2, 0.25) is 5.91 Å². The van der Waals surface area contributed by atoms with E-state index < -0.39 is 0 Å². The molecule has 2 aliphatic rings. The number of amides is 4. The van der Waals surface area contributed by atoms with Crippen LogP contribution in [0.3, 0.4) is 0 Å². The fourth-order valence-electron chi connectivity index (χ4n) is 4.30. The molecule has 2 aliphatic heterocycles. The first-order valence-corrected chi connectivity index (χ1v) is 10.7. The highest BCUT2D eigenvalue weighted by atomic mass is 16.3. The molecule has 1 N–H and O–H groups in total. The van der Waals surface area contributed by atoms with E-state index in [0.29, 0.717) is 54.0 Å². The fraction of sp³-hybridized carbons (Fsp3) is 0.200. The summed E-state index contributed by atoms with van der Waals surface area (Å²) >= 11 is 0. The molecule has 0 radical (unpaired) electrons. The Hall–Kier alpha value is -4.20. The lowest BCUT2D eigenvalue weighted by molar-refractivity contribution is -0.121.